The molecule has 5 rings (SSSR count). The lowest BCUT2D eigenvalue weighted by Gasteiger charge is -2.57. The molecular weight excluding hydrogens is 376 g/mol. The van der Waals surface area contributed by atoms with Crippen LogP contribution in [0, 0.1) is 40.4 Å². The van der Waals surface area contributed by atoms with Crippen molar-refractivity contribution in [3.63, 3.8) is 0 Å². The molecule has 1 unspecified atom stereocenters. The Bertz CT molecular complexity index is 771. The van der Waals surface area contributed by atoms with Gasteiger partial charge in [-0.05, 0) is 97.5 Å². The highest BCUT2D eigenvalue weighted by atomic mass is 16.6. The summed E-state index contributed by atoms with van der Waals surface area (Å²) in [5.74, 6) is 3.52. The third-order valence-electron chi connectivity index (χ3n) is 10.1. The number of rotatable bonds is 5. The molecule has 3 saturated carbocycles. The highest BCUT2D eigenvalue weighted by molar-refractivity contribution is 5.92. The van der Waals surface area contributed by atoms with E-state index >= 15 is 0 Å². The lowest BCUT2D eigenvalue weighted by Crippen LogP contribution is -2.53. The normalized spacial score (nSPS) is 47.3. The van der Waals surface area contributed by atoms with Crippen LogP contribution in [0.1, 0.15) is 79.1 Å². The van der Waals surface area contributed by atoms with E-state index in [0.717, 1.165) is 18.8 Å². The van der Waals surface area contributed by atoms with Gasteiger partial charge in [-0.15, -0.1) is 0 Å². The summed E-state index contributed by atoms with van der Waals surface area (Å²) in [5.41, 5.74) is 1.84. The molecule has 0 aromatic heterocycles. The maximum absolute atomic E-state index is 12.1. The first-order valence-corrected chi connectivity index (χ1v) is 12.4. The smallest absolute Gasteiger partial charge is 0.305 e. The molecule has 0 amide bonds. The van der Waals surface area contributed by atoms with Gasteiger partial charge in [0.1, 0.15) is 6.10 Å². The summed E-state index contributed by atoms with van der Waals surface area (Å²) in [6.45, 7) is 9.68. The summed E-state index contributed by atoms with van der Waals surface area (Å²) < 4.78 is 11.5. The van der Waals surface area contributed by atoms with Gasteiger partial charge in [0.05, 0.1) is 12.7 Å². The molecular formula is C26H38O4. The third-order valence-corrected chi connectivity index (χ3v) is 10.1. The molecule has 4 aliphatic carbocycles. The first kappa shape index (κ1) is 20.7. The van der Waals surface area contributed by atoms with Crippen LogP contribution in [0.2, 0.25) is 0 Å². The molecule has 0 spiro atoms. The van der Waals surface area contributed by atoms with E-state index in [4.69, 9.17) is 9.47 Å². The average Bonchev–Trinajstić information content (AvgIpc) is 3.42. The van der Waals surface area contributed by atoms with E-state index in [1.54, 1.807) is 0 Å². The molecule has 0 aromatic carbocycles. The number of esters is 1. The fraction of sp³-hybridized carbons (Fsp3) is 0.846. The van der Waals surface area contributed by atoms with Crippen LogP contribution in [0.3, 0.4) is 0 Å². The van der Waals surface area contributed by atoms with Crippen LogP contribution in [-0.2, 0) is 19.1 Å². The fourth-order valence-corrected chi connectivity index (χ4v) is 8.56. The number of carbonyl (C=O) groups excluding carboxylic acids is 2. The predicted molar refractivity (Wildman–Crippen MR) is 115 cm³/mol. The second kappa shape index (κ2) is 7.18. The summed E-state index contributed by atoms with van der Waals surface area (Å²) in [7, 11) is 0. The van der Waals surface area contributed by atoms with Gasteiger partial charge in [0.2, 0.25) is 0 Å². The van der Waals surface area contributed by atoms with E-state index in [-0.39, 0.29) is 17.5 Å². The van der Waals surface area contributed by atoms with Crippen molar-refractivity contribution in [2.24, 2.45) is 40.4 Å². The van der Waals surface area contributed by atoms with Crippen LogP contribution in [0.25, 0.3) is 0 Å². The molecule has 0 N–H and O–H groups in total. The highest BCUT2D eigenvalue weighted by Gasteiger charge is 2.69. The number of hydrogen-bond donors (Lipinski definition) is 0. The van der Waals surface area contributed by atoms with Crippen LogP contribution >= 0.6 is 0 Å². The Kier molecular flexibility index (Phi) is 4.96. The summed E-state index contributed by atoms with van der Waals surface area (Å²) in [4.78, 5) is 24.0. The van der Waals surface area contributed by atoms with Crippen LogP contribution in [0.15, 0.2) is 11.6 Å². The Morgan fingerprint density at radius 1 is 1.23 bits per heavy atom. The SMILES string of the molecule is CCOC(=O)CCC(C)[C@H]1CC[C@H]2[C@@H]3[C@@H]4O[C@@H]4C4=CC(=O)CC[C@]4(C)[C@H]3CC[C@]12C. The molecule has 1 saturated heterocycles. The largest absolute Gasteiger partial charge is 0.466 e. The standard InChI is InChI=1S/C26H38O4/c1-5-29-21(28)9-6-15(2)17-7-8-18-22-19(11-13-25(17,18)3)26(4)12-10-16(27)14-20(26)23-24(22)30-23/h14-15,17-19,22-24H,5-13H2,1-4H3/t15?,17-,18+,19+,22+,23-,24+,25-,26-/m1/s1. The summed E-state index contributed by atoms with van der Waals surface area (Å²) in [6.07, 6.45) is 10.8. The monoisotopic (exact) mass is 414 g/mol. The number of ketones is 1. The molecule has 30 heavy (non-hydrogen) atoms. The van der Waals surface area contributed by atoms with E-state index in [0.29, 0.717) is 60.4 Å². The molecule has 1 heterocycles. The summed E-state index contributed by atoms with van der Waals surface area (Å²) in [5, 5.41) is 0. The van der Waals surface area contributed by atoms with Gasteiger partial charge in [-0.25, -0.2) is 0 Å². The Morgan fingerprint density at radius 2 is 2.03 bits per heavy atom. The lowest BCUT2D eigenvalue weighted by molar-refractivity contribution is -0.143. The number of ether oxygens (including phenoxy) is 2. The van der Waals surface area contributed by atoms with Crippen molar-refractivity contribution in [2.45, 2.75) is 91.3 Å². The number of fused-ring (bicyclic) bond motifs is 8. The second-order valence-corrected chi connectivity index (χ2v) is 11.3. The van der Waals surface area contributed by atoms with Gasteiger partial charge in [-0.2, -0.15) is 0 Å². The zero-order valence-electron chi connectivity index (χ0n) is 19.1. The first-order valence-electron chi connectivity index (χ1n) is 12.4. The zero-order valence-corrected chi connectivity index (χ0v) is 19.1. The van der Waals surface area contributed by atoms with E-state index in [1.807, 2.05) is 13.0 Å². The van der Waals surface area contributed by atoms with Crippen molar-refractivity contribution >= 4 is 11.8 Å². The van der Waals surface area contributed by atoms with E-state index in [2.05, 4.69) is 20.8 Å². The summed E-state index contributed by atoms with van der Waals surface area (Å²) >= 11 is 0. The minimum Gasteiger partial charge on any atom is -0.466 e. The fourth-order valence-electron chi connectivity index (χ4n) is 8.56. The second-order valence-electron chi connectivity index (χ2n) is 11.3. The van der Waals surface area contributed by atoms with Gasteiger partial charge in [0, 0.05) is 12.8 Å². The van der Waals surface area contributed by atoms with Gasteiger partial charge in [-0.1, -0.05) is 20.8 Å². The minimum atomic E-state index is -0.0478. The predicted octanol–water partition coefficient (Wildman–Crippen LogP) is 5.10. The summed E-state index contributed by atoms with van der Waals surface area (Å²) in [6, 6.07) is 0. The van der Waals surface area contributed by atoms with Crippen molar-refractivity contribution in [1.29, 1.82) is 0 Å². The third kappa shape index (κ3) is 2.96. The van der Waals surface area contributed by atoms with E-state index in [9.17, 15) is 9.59 Å². The van der Waals surface area contributed by atoms with Gasteiger partial charge in [0.15, 0.2) is 5.78 Å². The maximum atomic E-state index is 12.1. The maximum Gasteiger partial charge on any atom is 0.305 e. The minimum absolute atomic E-state index is 0.0478. The van der Waals surface area contributed by atoms with E-state index < -0.39 is 0 Å². The molecule has 4 heteroatoms. The zero-order chi connectivity index (χ0) is 21.3. The van der Waals surface area contributed by atoms with Gasteiger partial charge in [0.25, 0.3) is 0 Å². The van der Waals surface area contributed by atoms with Crippen molar-refractivity contribution < 1.29 is 19.1 Å². The molecule has 4 fully saturated rings. The molecule has 166 valence electrons. The van der Waals surface area contributed by atoms with Gasteiger partial charge >= 0.3 is 5.97 Å². The van der Waals surface area contributed by atoms with E-state index in [1.165, 1.54) is 31.3 Å². The Labute approximate surface area is 181 Å². The van der Waals surface area contributed by atoms with Crippen molar-refractivity contribution in [1.82, 2.24) is 0 Å². The molecule has 0 bridgehead atoms. The van der Waals surface area contributed by atoms with Gasteiger partial charge < -0.3 is 9.47 Å². The molecule has 9 atom stereocenters. The molecule has 0 aromatic rings. The number of epoxide rings is 1. The van der Waals surface area contributed by atoms with Crippen LogP contribution in [-0.4, -0.2) is 30.6 Å². The van der Waals surface area contributed by atoms with Crippen LogP contribution in [0.4, 0.5) is 0 Å². The van der Waals surface area contributed by atoms with Gasteiger partial charge in [-0.3, -0.25) is 9.59 Å². The number of carbonyl (C=O) groups is 2. The van der Waals surface area contributed by atoms with Crippen LogP contribution in [0.5, 0.6) is 0 Å². The van der Waals surface area contributed by atoms with Crippen molar-refractivity contribution in [2.75, 3.05) is 6.61 Å². The van der Waals surface area contributed by atoms with Crippen molar-refractivity contribution in [3.8, 4) is 0 Å². The molecule has 5 aliphatic rings. The van der Waals surface area contributed by atoms with Crippen molar-refractivity contribution in [3.05, 3.63) is 11.6 Å². The first-order chi connectivity index (χ1) is 14.3. The molecule has 1 aliphatic heterocycles. The molecule has 0 radical (unpaired) electrons. The molecule has 4 nitrogen and oxygen atoms in total. The Hall–Kier alpha value is -1.16. The highest BCUT2D eigenvalue weighted by Crippen LogP contribution is 2.70. The Morgan fingerprint density at radius 3 is 2.80 bits per heavy atom. The number of hydrogen-bond acceptors (Lipinski definition) is 4. The van der Waals surface area contributed by atoms with Crippen LogP contribution < -0.4 is 0 Å². The Balaban J connectivity index is 1.35. The lowest BCUT2D eigenvalue weighted by atomic mass is 9.46. The topological polar surface area (TPSA) is 55.9 Å². The quantitative estimate of drug-likeness (QED) is 0.464. The average molecular weight is 415 g/mol.